The summed E-state index contributed by atoms with van der Waals surface area (Å²) < 4.78 is 10.4. The summed E-state index contributed by atoms with van der Waals surface area (Å²) in [5.74, 6) is 1.05. The number of para-hydroxylation sites is 1. The number of methoxy groups -OCH3 is 2. The Morgan fingerprint density at radius 1 is 1.41 bits per heavy atom. The number of carbonyl (C=O) groups excluding carboxylic acids is 1. The van der Waals surface area contributed by atoms with Gasteiger partial charge < -0.3 is 14.8 Å². The van der Waals surface area contributed by atoms with Gasteiger partial charge in [0.2, 0.25) is 5.91 Å². The first kappa shape index (κ1) is 13.6. The Balaban J connectivity index is 2.80. The highest BCUT2D eigenvalue weighted by atomic mass is 35.5. The van der Waals surface area contributed by atoms with Crippen LogP contribution in [0.3, 0.4) is 0 Å². The van der Waals surface area contributed by atoms with Gasteiger partial charge in [-0.05, 0) is 13.0 Å². The molecule has 0 aliphatic carbocycles. The summed E-state index contributed by atoms with van der Waals surface area (Å²) >= 11 is 5.66. The van der Waals surface area contributed by atoms with Crippen molar-refractivity contribution < 1.29 is 14.3 Å². The molecule has 94 valence electrons. The summed E-state index contributed by atoms with van der Waals surface area (Å²) in [6.07, 6.45) is 0. The fraction of sp³-hybridized carbons (Fsp3) is 0.417. The average molecular weight is 258 g/mol. The molecule has 1 unspecified atom stereocenters. The summed E-state index contributed by atoms with van der Waals surface area (Å²) in [5.41, 5.74) is 0.845. The Labute approximate surface area is 106 Å². The Hall–Kier alpha value is -1.42. The van der Waals surface area contributed by atoms with Crippen LogP contribution < -0.4 is 14.8 Å². The first-order valence-electron chi connectivity index (χ1n) is 5.21. The predicted octanol–water partition coefficient (Wildman–Crippen LogP) is 1.95. The molecular weight excluding hydrogens is 242 g/mol. The lowest BCUT2D eigenvalue weighted by Gasteiger charge is -2.13. The second kappa shape index (κ2) is 6.35. The molecule has 0 saturated heterocycles. The lowest BCUT2D eigenvalue weighted by molar-refractivity contribution is -0.120. The van der Waals surface area contributed by atoms with Crippen LogP contribution in [0, 0.1) is 0 Å². The highest BCUT2D eigenvalue weighted by Gasteiger charge is 2.12. The Morgan fingerprint density at radius 2 is 2.12 bits per heavy atom. The standard InChI is InChI=1S/C12H16ClNO3/c1-8(13)12(15)14-7-9-5-4-6-10(16-2)11(9)17-3/h4-6,8H,7H2,1-3H3,(H,14,15). The largest absolute Gasteiger partial charge is 0.493 e. The zero-order valence-electron chi connectivity index (χ0n) is 10.1. The summed E-state index contributed by atoms with van der Waals surface area (Å²) in [6.45, 7) is 1.98. The molecule has 17 heavy (non-hydrogen) atoms. The van der Waals surface area contributed by atoms with Crippen molar-refractivity contribution in [1.82, 2.24) is 5.32 Å². The van der Waals surface area contributed by atoms with Crippen LogP contribution in [0.5, 0.6) is 11.5 Å². The molecule has 0 spiro atoms. The van der Waals surface area contributed by atoms with E-state index in [9.17, 15) is 4.79 Å². The normalized spacial score (nSPS) is 11.8. The van der Waals surface area contributed by atoms with Gasteiger partial charge >= 0.3 is 0 Å². The van der Waals surface area contributed by atoms with Crippen molar-refractivity contribution in [1.29, 1.82) is 0 Å². The van der Waals surface area contributed by atoms with Gasteiger partial charge in [0.25, 0.3) is 0 Å². The van der Waals surface area contributed by atoms with Gasteiger partial charge in [0, 0.05) is 12.1 Å². The van der Waals surface area contributed by atoms with E-state index in [4.69, 9.17) is 21.1 Å². The van der Waals surface area contributed by atoms with Crippen LogP contribution in [0.25, 0.3) is 0 Å². The summed E-state index contributed by atoms with van der Waals surface area (Å²) in [5, 5.41) is 2.17. The number of hydrogen-bond acceptors (Lipinski definition) is 3. The maximum absolute atomic E-state index is 11.4. The molecule has 0 radical (unpaired) electrons. The van der Waals surface area contributed by atoms with Gasteiger partial charge in [-0.15, -0.1) is 11.6 Å². The van der Waals surface area contributed by atoms with Crippen LogP contribution in [0.4, 0.5) is 0 Å². The quantitative estimate of drug-likeness (QED) is 0.821. The summed E-state index contributed by atoms with van der Waals surface area (Å²) in [4.78, 5) is 11.4. The van der Waals surface area contributed by atoms with Crippen molar-refractivity contribution in [3.63, 3.8) is 0 Å². The van der Waals surface area contributed by atoms with Crippen LogP contribution in [-0.2, 0) is 11.3 Å². The second-order valence-corrected chi connectivity index (χ2v) is 4.14. The van der Waals surface area contributed by atoms with E-state index in [1.165, 1.54) is 0 Å². The van der Waals surface area contributed by atoms with Gasteiger partial charge in [0.05, 0.1) is 14.2 Å². The number of benzene rings is 1. The maximum Gasteiger partial charge on any atom is 0.238 e. The van der Waals surface area contributed by atoms with E-state index >= 15 is 0 Å². The van der Waals surface area contributed by atoms with Gasteiger partial charge in [-0.1, -0.05) is 12.1 Å². The average Bonchev–Trinajstić information content (AvgIpc) is 2.34. The molecule has 0 heterocycles. The van der Waals surface area contributed by atoms with E-state index < -0.39 is 5.38 Å². The van der Waals surface area contributed by atoms with E-state index in [1.54, 1.807) is 27.2 Å². The van der Waals surface area contributed by atoms with Crippen molar-refractivity contribution >= 4 is 17.5 Å². The summed E-state index contributed by atoms with van der Waals surface area (Å²) in [6, 6.07) is 5.50. The van der Waals surface area contributed by atoms with Crippen LogP contribution >= 0.6 is 11.6 Å². The van der Waals surface area contributed by atoms with E-state index in [-0.39, 0.29) is 5.91 Å². The van der Waals surface area contributed by atoms with Crippen LogP contribution in [0.2, 0.25) is 0 Å². The third-order valence-corrected chi connectivity index (χ3v) is 2.50. The highest BCUT2D eigenvalue weighted by molar-refractivity contribution is 6.30. The van der Waals surface area contributed by atoms with E-state index in [0.29, 0.717) is 18.0 Å². The number of hydrogen-bond donors (Lipinski definition) is 1. The van der Waals surface area contributed by atoms with Crippen molar-refractivity contribution in [3.8, 4) is 11.5 Å². The number of ether oxygens (including phenoxy) is 2. The zero-order valence-corrected chi connectivity index (χ0v) is 10.9. The molecule has 4 nitrogen and oxygen atoms in total. The van der Waals surface area contributed by atoms with Gasteiger partial charge in [0.15, 0.2) is 11.5 Å². The monoisotopic (exact) mass is 257 g/mol. The molecule has 0 bridgehead atoms. The van der Waals surface area contributed by atoms with Gasteiger partial charge in [-0.2, -0.15) is 0 Å². The van der Waals surface area contributed by atoms with Crippen LogP contribution in [-0.4, -0.2) is 25.5 Å². The van der Waals surface area contributed by atoms with Crippen molar-refractivity contribution in [2.75, 3.05) is 14.2 Å². The minimum absolute atomic E-state index is 0.212. The molecule has 5 heteroatoms. The lowest BCUT2D eigenvalue weighted by atomic mass is 10.2. The maximum atomic E-state index is 11.4. The van der Waals surface area contributed by atoms with Crippen LogP contribution in [0.1, 0.15) is 12.5 Å². The Kier molecular flexibility index (Phi) is 5.10. The van der Waals surface area contributed by atoms with Crippen LogP contribution in [0.15, 0.2) is 18.2 Å². The lowest BCUT2D eigenvalue weighted by Crippen LogP contribution is -2.29. The third-order valence-electron chi connectivity index (χ3n) is 2.30. The fourth-order valence-corrected chi connectivity index (χ4v) is 1.49. The molecule has 0 aliphatic rings. The first-order chi connectivity index (χ1) is 8.10. The molecule has 0 aromatic heterocycles. The molecule has 1 amide bonds. The Morgan fingerprint density at radius 3 is 2.65 bits per heavy atom. The predicted molar refractivity (Wildman–Crippen MR) is 66.7 cm³/mol. The first-order valence-corrected chi connectivity index (χ1v) is 5.65. The molecular formula is C12H16ClNO3. The summed E-state index contributed by atoms with van der Waals surface area (Å²) in [7, 11) is 3.13. The highest BCUT2D eigenvalue weighted by Crippen LogP contribution is 2.30. The van der Waals surface area contributed by atoms with Gasteiger partial charge in [-0.25, -0.2) is 0 Å². The minimum atomic E-state index is -0.549. The molecule has 1 N–H and O–H groups in total. The second-order valence-electron chi connectivity index (χ2n) is 3.49. The van der Waals surface area contributed by atoms with Crippen molar-refractivity contribution in [2.24, 2.45) is 0 Å². The third kappa shape index (κ3) is 3.53. The number of nitrogens with one attached hydrogen (secondary N) is 1. The smallest absolute Gasteiger partial charge is 0.238 e. The SMILES string of the molecule is COc1cccc(CNC(=O)C(C)Cl)c1OC. The van der Waals surface area contributed by atoms with Crippen molar-refractivity contribution in [2.45, 2.75) is 18.8 Å². The number of rotatable bonds is 5. The van der Waals surface area contributed by atoms with E-state index in [1.807, 2.05) is 12.1 Å². The van der Waals surface area contributed by atoms with Gasteiger partial charge in [0.1, 0.15) is 5.38 Å². The topological polar surface area (TPSA) is 47.6 Å². The Bertz CT molecular complexity index is 393. The molecule has 1 aromatic carbocycles. The molecule has 1 atom stereocenters. The number of carbonyl (C=O) groups is 1. The molecule has 0 fully saturated rings. The number of halogens is 1. The molecule has 0 aliphatic heterocycles. The zero-order chi connectivity index (χ0) is 12.8. The minimum Gasteiger partial charge on any atom is -0.493 e. The molecule has 1 aromatic rings. The van der Waals surface area contributed by atoms with Crippen molar-refractivity contribution in [3.05, 3.63) is 23.8 Å². The number of alkyl halides is 1. The molecule has 0 saturated carbocycles. The molecule has 1 rings (SSSR count). The van der Waals surface area contributed by atoms with E-state index in [2.05, 4.69) is 5.32 Å². The number of amides is 1. The van der Waals surface area contributed by atoms with E-state index in [0.717, 1.165) is 5.56 Å². The fourth-order valence-electron chi connectivity index (χ4n) is 1.42. The van der Waals surface area contributed by atoms with Gasteiger partial charge in [-0.3, -0.25) is 4.79 Å².